The first-order valence-corrected chi connectivity index (χ1v) is 24.7. The van der Waals surface area contributed by atoms with E-state index in [1.54, 1.807) is 0 Å². The van der Waals surface area contributed by atoms with E-state index in [-0.39, 0.29) is 42.9 Å². The fourth-order valence-electron chi connectivity index (χ4n) is 8.54. The Morgan fingerprint density at radius 2 is 1.23 bits per heavy atom. The Labute approximate surface area is 365 Å². The number of hydrogen-bond acceptors (Lipinski definition) is 9. The number of carbonyl (C=O) groups excluding carboxylic acids is 2. The molecule has 1 amide bonds. The molecule has 4 aromatic rings. The van der Waals surface area contributed by atoms with E-state index in [2.05, 4.69) is 74.2 Å². The molecule has 0 saturated carbocycles. The average molecular weight is 871 g/mol. The molecule has 5 rings (SSSR count). The van der Waals surface area contributed by atoms with Crippen LogP contribution in [0.25, 0.3) is 0 Å². The molecule has 0 spiro atoms. The second kappa shape index (κ2) is 19.9. The number of rotatable bonds is 20. The SMILES string of the molecule is CC(=O)ON1C(=O)[C@](N(Cc2ccccc2)Cc2ccccc2)(C(C)(C)C)C[C@H]1COCCS(=O)(=O)OCC(C)(C)CCO[Si](c1ccccc1)(c1ccccc1)C(C)(C)C. The molecular formula is C49H66N2O8SSi. The number of benzene rings is 4. The van der Waals surface area contributed by atoms with Crippen molar-refractivity contribution in [1.82, 2.24) is 9.96 Å². The van der Waals surface area contributed by atoms with Crippen molar-refractivity contribution in [1.29, 1.82) is 0 Å². The molecule has 1 aliphatic rings. The molecule has 2 atom stereocenters. The van der Waals surface area contributed by atoms with Crippen molar-refractivity contribution in [2.24, 2.45) is 10.8 Å². The smallest absolute Gasteiger partial charge is 0.329 e. The first-order valence-electron chi connectivity index (χ1n) is 21.3. The predicted molar refractivity (Wildman–Crippen MR) is 244 cm³/mol. The van der Waals surface area contributed by atoms with Gasteiger partial charge in [0.05, 0.1) is 31.6 Å². The molecule has 1 fully saturated rings. The van der Waals surface area contributed by atoms with Crippen molar-refractivity contribution in [2.75, 3.05) is 32.2 Å². The van der Waals surface area contributed by atoms with Gasteiger partial charge in [0.15, 0.2) is 0 Å². The van der Waals surface area contributed by atoms with Crippen LogP contribution in [0.1, 0.15) is 86.3 Å². The van der Waals surface area contributed by atoms with Crippen molar-refractivity contribution in [3.8, 4) is 0 Å². The van der Waals surface area contributed by atoms with Gasteiger partial charge in [-0.3, -0.25) is 18.7 Å². The normalized spacial score (nSPS) is 17.8. The van der Waals surface area contributed by atoms with Gasteiger partial charge in [0.2, 0.25) is 0 Å². The van der Waals surface area contributed by atoms with Crippen molar-refractivity contribution in [3.63, 3.8) is 0 Å². The summed E-state index contributed by atoms with van der Waals surface area (Å²) < 4.78 is 45.2. The van der Waals surface area contributed by atoms with Gasteiger partial charge < -0.3 is 14.0 Å². The third-order valence-electron chi connectivity index (χ3n) is 11.8. The minimum Gasteiger partial charge on any atom is -0.407 e. The van der Waals surface area contributed by atoms with E-state index in [0.717, 1.165) is 16.2 Å². The summed E-state index contributed by atoms with van der Waals surface area (Å²) in [6.45, 7) is 19.1. The zero-order valence-electron chi connectivity index (χ0n) is 37.6. The lowest BCUT2D eigenvalue weighted by Crippen LogP contribution is -2.66. The topological polar surface area (TPSA) is 112 Å². The highest BCUT2D eigenvalue weighted by Crippen LogP contribution is 2.48. The first kappa shape index (κ1) is 47.9. The van der Waals surface area contributed by atoms with Gasteiger partial charge in [-0.1, -0.05) is 177 Å². The molecule has 1 heterocycles. The van der Waals surface area contributed by atoms with Gasteiger partial charge in [0, 0.05) is 33.0 Å². The second-order valence-electron chi connectivity index (χ2n) is 19.0. The second-order valence-corrected chi connectivity index (χ2v) is 25.1. The fraction of sp³-hybridized carbons (Fsp3) is 0.469. The molecule has 1 saturated heterocycles. The van der Waals surface area contributed by atoms with Gasteiger partial charge in [-0.2, -0.15) is 13.5 Å². The van der Waals surface area contributed by atoms with Gasteiger partial charge in [0.25, 0.3) is 24.3 Å². The van der Waals surface area contributed by atoms with Crippen LogP contribution in [0.5, 0.6) is 0 Å². The van der Waals surface area contributed by atoms with Crippen LogP contribution in [-0.2, 0) is 51.0 Å². The minimum absolute atomic E-state index is 0.0242. The zero-order valence-corrected chi connectivity index (χ0v) is 39.4. The maximum absolute atomic E-state index is 14.8. The van der Waals surface area contributed by atoms with Crippen LogP contribution in [-0.4, -0.2) is 82.3 Å². The molecule has 61 heavy (non-hydrogen) atoms. The molecule has 330 valence electrons. The zero-order chi connectivity index (χ0) is 44.5. The Bertz CT molecular complexity index is 2040. The highest BCUT2D eigenvalue weighted by atomic mass is 32.2. The van der Waals surface area contributed by atoms with Gasteiger partial charge in [-0.15, -0.1) is 0 Å². The molecule has 10 nitrogen and oxygen atoms in total. The molecule has 0 unspecified atom stereocenters. The van der Waals surface area contributed by atoms with Gasteiger partial charge >= 0.3 is 5.97 Å². The Hall–Kier alpha value is -4.17. The quantitative estimate of drug-likeness (QED) is 0.0497. The van der Waals surface area contributed by atoms with Crippen LogP contribution >= 0.6 is 0 Å². The molecule has 0 bridgehead atoms. The lowest BCUT2D eigenvalue weighted by Gasteiger charge is -2.48. The summed E-state index contributed by atoms with van der Waals surface area (Å²) in [6, 6.07) is 40.1. The number of ether oxygens (including phenoxy) is 1. The summed E-state index contributed by atoms with van der Waals surface area (Å²) in [4.78, 5) is 35.0. The molecule has 12 heteroatoms. The summed E-state index contributed by atoms with van der Waals surface area (Å²) in [6.07, 6.45) is 0.863. The Balaban J connectivity index is 1.24. The highest BCUT2D eigenvalue weighted by molar-refractivity contribution is 7.86. The summed E-state index contributed by atoms with van der Waals surface area (Å²) in [7, 11) is -6.73. The van der Waals surface area contributed by atoms with Crippen LogP contribution in [0.2, 0.25) is 5.04 Å². The van der Waals surface area contributed by atoms with Crippen molar-refractivity contribution < 1.29 is 36.2 Å². The van der Waals surface area contributed by atoms with E-state index in [9.17, 15) is 18.0 Å². The number of hydroxylamine groups is 2. The summed E-state index contributed by atoms with van der Waals surface area (Å²) in [5.41, 5.74) is -0.169. The summed E-state index contributed by atoms with van der Waals surface area (Å²) >= 11 is 0. The molecular weight excluding hydrogens is 805 g/mol. The van der Waals surface area contributed by atoms with E-state index in [0.29, 0.717) is 26.1 Å². The molecule has 0 aromatic heterocycles. The number of carbonyl (C=O) groups is 2. The maximum Gasteiger partial charge on any atom is 0.329 e. The van der Waals surface area contributed by atoms with Crippen molar-refractivity contribution >= 4 is 40.7 Å². The summed E-state index contributed by atoms with van der Waals surface area (Å²) in [5, 5.41) is 3.34. The van der Waals surface area contributed by atoms with Crippen LogP contribution < -0.4 is 10.4 Å². The van der Waals surface area contributed by atoms with Gasteiger partial charge in [0.1, 0.15) is 5.54 Å². The van der Waals surface area contributed by atoms with Crippen LogP contribution in [0, 0.1) is 10.8 Å². The van der Waals surface area contributed by atoms with Crippen LogP contribution in [0.3, 0.4) is 0 Å². The monoisotopic (exact) mass is 870 g/mol. The number of amides is 1. The van der Waals surface area contributed by atoms with Crippen LogP contribution in [0.15, 0.2) is 121 Å². The molecule has 1 aliphatic heterocycles. The molecule has 0 radical (unpaired) electrons. The van der Waals surface area contributed by atoms with Gasteiger partial charge in [-0.05, 0) is 43.8 Å². The van der Waals surface area contributed by atoms with Gasteiger partial charge in [-0.25, -0.2) is 0 Å². The molecule has 0 aliphatic carbocycles. The molecule has 4 aromatic carbocycles. The minimum atomic E-state index is -3.98. The summed E-state index contributed by atoms with van der Waals surface area (Å²) in [5.74, 6) is -1.35. The lowest BCUT2D eigenvalue weighted by atomic mass is 9.70. The molecule has 0 N–H and O–H groups in total. The third kappa shape index (κ3) is 11.7. The predicted octanol–water partition coefficient (Wildman–Crippen LogP) is 7.91. The Kier molecular flexibility index (Phi) is 15.6. The fourth-order valence-corrected chi connectivity index (χ4v) is 14.0. The standard InChI is InChI=1S/C49H66N2O8SSi/c1-39(52)59-51-42(34-49(45(51)53,46(2,3)4)50(35-40-22-14-10-15-23-40)36-41-24-16-11-17-25-41)37-56-32-33-60(54,55)57-38-48(8,9)30-31-58-61(47(5,6)7,43-26-18-12-19-27-43)44-28-20-13-21-29-44/h10-29,42H,30-38H2,1-9H3/t42-,49-/m0/s1. The van der Waals surface area contributed by atoms with E-state index >= 15 is 0 Å². The van der Waals surface area contributed by atoms with Crippen molar-refractivity contribution in [2.45, 2.75) is 105 Å². The number of hydrogen-bond donors (Lipinski definition) is 0. The Morgan fingerprint density at radius 3 is 1.67 bits per heavy atom. The number of nitrogens with zero attached hydrogens (tertiary/aromatic N) is 2. The van der Waals surface area contributed by atoms with Crippen LogP contribution in [0.4, 0.5) is 0 Å². The van der Waals surface area contributed by atoms with E-state index in [1.165, 1.54) is 17.3 Å². The third-order valence-corrected chi connectivity index (χ3v) is 18.0. The van der Waals surface area contributed by atoms with Crippen molar-refractivity contribution in [3.05, 3.63) is 132 Å². The largest absolute Gasteiger partial charge is 0.407 e. The maximum atomic E-state index is 14.8. The highest BCUT2D eigenvalue weighted by Gasteiger charge is 2.62. The average Bonchev–Trinajstić information content (AvgIpc) is 3.49. The van der Waals surface area contributed by atoms with E-state index in [1.807, 2.05) is 107 Å². The van der Waals surface area contributed by atoms with E-state index < -0.39 is 46.8 Å². The first-order chi connectivity index (χ1) is 28.7. The lowest BCUT2D eigenvalue weighted by molar-refractivity contribution is -0.205. The Morgan fingerprint density at radius 1 is 0.754 bits per heavy atom. The van der Waals surface area contributed by atoms with E-state index in [4.69, 9.17) is 18.2 Å².